The lowest BCUT2D eigenvalue weighted by atomic mass is 10.1. The lowest BCUT2D eigenvalue weighted by molar-refractivity contribution is 0.0597. The van der Waals surface area contributed by atoms with Crippen LogP contribution in [0.25, 0.3) is 11.3 Å². The number of hydrogen-bond acceptors (Lipinski definition) is 8. The van der Waals surface area contributed by atoms with Crippen LogP contribution < -0.4 is 15.4 Å². The SMILES string of the molecule is COC(=O)c1ccc(Nc2cc(-c3ccccc3)nc(NCCCN(C)C)n2)cc1OC. The van der Waals surface area contributed by atoms with Crippen LogP contribution in [-0.4, -0.2) is 62.2 Å². The van der Waals surface area contributed by atoms with E-state index in [0.717, 1.165) is 36.5 Å². The summed E-state index contributed by atoms with van der Waals surface area (Å²) in [6.45, 7) is 1.74. The van der Waals surface area contributed by atoms with Crippen LogP contribution in [0.15, 0.2) is 54.6 Å². The molecule has 168 valence electrons. The Morgan fingerprint density at radius 2 is 1.81 bits per heavy atom. The third-order valence-electron chi connectivity index (χ3n) is 4.74. The number of esters is 1. The molecule has 0 unspecified atom stereocenters. The lowest BCUT2D eigenvalue weighted by Crippen LogP contribution is -2.17. The molecule has 0 aliphatic heterocycles. The maximum absolute atomic E-state index is 11.9. The Bertz CT molecular complexity index is 1040. The van der Waals surface area contributed by atoms with E-state index in [2.05, 4.69) is 25.5 Å². The predicted octanol–water partition coefficient (Wildman–Crippen LogP) is 4.05. The first kappa shape index (κ1) is 23.0. The number of nitrogens with one attached hydrogen (secondary N) is 2. The monoisotopic (exact) mass is 435 g/mol. The van der Waals surface area contributed by atoms with Gasteiger partial charge in [0.15, 0.2) is 0 Å². The standard InChI is InChI=1S/C24H29N5O3/c1-29(2)14-8-13-25-24-27-20(17-9-6-5-7-10-17)16-22(28-24)26-18-11-12-19(23(30)32-4)21(15-18)31-3/h5-7,9-12,15-16H,8,13-14H2,1-4H3,(H2,25,26,27,28). The molecule has 0 radical (unpaired) electrons. The number of methoxy groups -OCH3 is 2. The molecule has 0 amide bonds. The van der Waals surface area contributed by atoms with Crippen molar-refractivity contribution in [2.24, 2.45) is 0 Å². The van der Waals surface area contributed by atoms with Crippen LogP contribution >= 0.6 is 0 Å². The maximum Gasteiger partial charge on any atom is 0.341 e. The molecule has 8 heteroatoms. The molecule has 1 aromatic heterocycles. The molecular formula is C24H29N5O3. The molecule has 0 saturated heterocycles. The second kappa shape index (κ2) is 11.1. The minimum atomic E-state index is -0.453. The van der Waals surface area contributed by atoms with Gasteiger partial charge in [0.2, 0.25) is 5.95 Å². The lowest BCUT2D eigenvalue weighted by Gasteiger charge is -2.14. The van der Waals surface area contributed by atoms with Gasteiger partial charge < -0.3 is 25.0 Å². The van der Waals surface area contributed by atoms with E-state index in [1.165, 1.54) is 14.2 Å². The van der Waals surface area contributed by atoms with Crippen LogP contribution in [0.5, 0.6) is 5.75 Å². The summed E-state index contributed by atoms with van der Waals surface area (Å²) in [5, 5.41) is 6.61. The molecule has 8 nitrogen and oxygen atoms in total. The fourth-order valence-corrected chi connectivity index (χ4v) is 3.14. The number of anilines is 3. The average Bonchev–Trinajstić information content (AvgIpc) is 2.81. The highest BCUT2D eigenvalue weighted by atomic mass is 16.5. The Labute approximate surface area is 188 Å². The van der Waals surface area contributed by atoms with Gasteiger partial charge in [0.1, 0.15) is 17.1 Å². The van der Waals surface area contributed by atoms with E-state index in [-0.39, 0.29) is 0 Å². The number of nitrogens with zero attached hydrogens (tertiary/aromatic N) is 3. The molecule has 0 saturated carbocycles. The highest BCUT2D eigenvalue weighted by Gasteiger charge is 2.14. The van der Waals surface area contributed by atoms with Gasteiger partial charge in [-0.3, -0.25) is 0 Å². The molecule has 1 heterocycles. The summed E-state index contributed by atoms with van der Waals surface area (Å²) in [6.07, 6.45) is 0.973. The molecule has 2 aromatic carbocycles. The van der Waals surface area contributed by atoms with Gasteiger partial charge in [-0.25, -0.2) is 9.78 Å². The molecule has 3 aromatic rings. The van der Waals surface area contributed by atoms with E-state index in [0.29, 0.717) is 23.1 Å². The Morgan fingerprint density at radius 1 is 1.03 bits per heavy atom. The first-order valence-corrected chi connectivity index (χ1v) is 10.4. The van der Waals surface area contributed by atoms with Crippen molar-refractivity contribution in [2.75, 3.05) is 52.0 Å². The normalized spacial score (nSPS) is 10.7. The van der Waals surface area contributed by atoms with Crippen molar-refractivity contribution in [3.05, 3.63) is 60.2 Å². The number of rotatable bonds is 10. The zero-order valence-corrected chi connectivity index (χ0v) is 18.9. The Hall–Kier alpha value is -3.65. The zero-order valence-electron chi connectivity index (χ0n) is 18.9. The number of aromatic nitrogens is 2. The van der Waals surface area contributed by atoms with Crippen molar-refractivity contribution >= 4 is 23.4 Å². The smallest absolute Gasteiger partial charge is 0.341 e. The van der Waals surface area contributed by atoms with Crippen molar-refractivity contribution in [1.29, 1.82) is 0 Å². The number of carbonyl (C=O) groups excluding carboxylic acids is 1. The number of hydrogen-bond donors (Lipinski definition) is 2. The van der Waals surface area contributed by atoms with Crippen molar-refractivity contribution < 1.29 is 14.3 Å². The second-order valence-corrected chi connectivity index (χ2v) is 7.44. The van der Waals surface area contributed by atoms with Gasteiger partial charge in [-0.1, -0.05) is 30.3 Å². The van der Waals surface area contributed by atoms with Crippen LogP contribution in [0.1, 0.15) is 16.8 Å². The van der Waals surface area contributed by atoms with Crippen LogP contribution in [-0.2, 0) is 4.74 Å². The minimum Gasteiger partial charge on any atom is -0.496 e. The number of carbonyl (C=O) groups is 1. The van der Waals surface area contributed by atoms with Gasteiger partial charge in [-0.2, -0.15) is 4.98 Å². The van der Waals surface area contributed by atoms with Crippen LogP contribution in [0, 0.1) is 0 Å². The molecule has 0 aliphatic carbocycles. The Balaban J connectivity index is 1.87. The van der Waals surface area contributed by atoms with Crippen molar-refractivity contribution in [1.82, 2.24) is 14.9 Å². The summed E-state index contributed by atoms with van der Waals surface area (Å²) in [6, 6.07) is 17.0. The molecule has 2 N–H and O–H groups in total. The van der Waals surface area contributed by atoms with Crippen molar-refractivity contribution in [2.45, 2.75) is 6.42 Å². The molecule has 3 rings (SSSR count). The highest BCUT2D eigenvalue weighted by Crippen LogP contribution is 2.28. The summed E-state index contributed by atoms with van der Waals surface area (Å²) < 4.78 is 10.2. The van der Waals surface area contributed by atoms with E-state index < -0.39 is 5.97 Å². The summed E-state index contributed by atoms with van der Waals surface area (Å²) in [4.78, 5) is 23.4. The van der Waals surface area contributed by atoms with E-state index in [1.807, 2.05) is 50.5 Å². The molecule has 32 heavy (non-hydrogen) atoms. The molecule has 0 atom stereocenters. The summed E-state index contributed by atoms with van der Waals surface area (Å²) in [5.41, 5.74) is 2.88. The molecule has 0 fully saturated rings. The van der Waals surface area contributed by atoms with Gasteiger partial charge in [0.05, 0.1) is 19.9 Å². The maximum atomic E-state index is 11.9. The quantitative estimate of drug-likeness (QED) is 0.364. The van der Waals surface area contributed by atoms with E-state index in [1.54, 1.807) is 18.2 Å². The molecule has 0 spiro atoms. The topological polar surface area (TPSA) is 88.6 Å². The van der Waals surface area contributed by atoms with E-state index in [9.17, 15) is 4.79 Å². The minimum absolute atomic E-state index is 0.358. The third-order valence-corrected chi connectivity index (χ3v) is 4.74. The van der Waals surface area contributed by atoms with Crippen LogP contribution in [0.2, 0.25) is 0 Å². The highest BCUT2D eigenvalue weighted by molar-refractivity contribution is 5.93. The van der Waals surface area contributed by atoms with Crippen molar-refractivity contribution in [3.8, 4) is 17.0 Å². The molecular weight excluding hydrogens is 406 g/mol. The first-order chi connectivity index (χ1) is 15.5. The Kier molecular flexibility index (Phi) is 7.99. The fraction of sp³-hybridized carbons (Fsp3) is 0.292. The Morgan fingerprint density at radius 3 is 2.50 bits per heavy atom. The second-order valence-electron chi connectivity index (χ2n) is 7.44. The molecule has 0 aliphatic rings. The van der Waals surface area contributed by atoms with Crippen LogP contribution in [0.3, 0.4) is 0 Å². The van der Waals surface area contributed by atoms with E-state index >= 15 is 0 Å². The summed E-state index contributed by atoms with van der Waals surface area (Å²) >= 11 is 0. The summed E-state index contributed by atoms with van der Waals surface area (Å²) in [5.74, 6) is 1.14. The van der Waals surface area contributed by atoms with Gasteiger partial charge in [-0.15, -0.1) is 0 Å². The van der Waals surface area contributed by atoms with Gasteiger partial charge in [-0.05, 0) is 39.2 Å². The number of ether oxygens (including phenoxy) is 2. The van der Waals surface area contributed by atoms with Crippen molar-refractivity contribution in [3.63, 3.8) is 0 Å². The van der Waals surface area contributed by atoms with Gasteiger partial charge >= 0.3 is 5.97 Å². The largest absolute Gasteiger partial charge is 0.496 e. The van der Waals surface area contributed by atoms with Gasteiger partial charge in [0, 0.05) is 29.9 Å². The summed E-state index contributed by atoms with van der Waals surface area (Å²) in [7, 11) is 6.95. The number of benzene rings is 2. The zero-order chi connectivity index (χ0) is 22.9. The predicted molar refractivity (Wildman–Crippen MR) is 127 cm³/mol. The molecule has 0 bridgehead atoms. The fourth-order valence-electron chi connectivity index (χ4n) is 3.14. The van der Waals surface area contributed by atoms with E-state index in [4.69, 9.17) is 9.47 Å². The van der Waals surface area contributed by atoms with Crippen LogP contribution in [0.4, 0.5) is 17.5 Å². The third kappa shape index (κ3) is 6.18. The average molecular weight is 436 g/mol. The first-order valence-electron chi connectivity index (χ1n) is 10.4. The van der Waals surface area contributed by atoms with Gasteiger partial charge in [0.25, 0.3) is 0 Å².